The van der Waals surface area contributed by atoms with Gasteiger partial charge in [0.1, 0.15) is 11.8 Å². The average molecular weight is 505 g/mol. The van der Waals surface area contributed by atoms with Gasteiger partial charge in [-0.25, -0.2) is 9.10 Å². The first-order valence-electron chi connectivity index (χ1n) is 11.6. The number of alkyl carbamates (subject to hydrolysis) is 1. The molecule has 1 heterocycles. The molecule has 35 heavy (non-hydrogen) atoms. The van der Waals surface area contributed by atoms with Crippen LogP contribution < -0.4 is 19.2 Å². The third-order valence-corrected chi connectivity index (χ3v) is 6.95. The van der Waals surface area contributed by atoms with Gasteiger partial charge in [0.15, 0.2) is 0 Å². The fourth-order valence-electron chi connectivity index (χ4n) is 3.81. The van der Waals surface area contributed by atoms with E-state index in [-0.39, 0.29) is 13.0 Å². The van der Waals surface area contributed by atoms with Gasteiger partial charge in [-0.05, 0) is 72.2 Å². The number of carbonyl (C=O) groups is 1. The van der Waals surface area contributed by atoms with Crippen LogP contribution in [0, 0.1) is 0 Å². The maximum Gasteiger partial charge on any atom is 0.408 e. The van der Waals surface area contributed by atoms with Gasteiger partial charge in [0.2, 0.25) is 0 Å². The normalized spacial score (nSPS) is 17.0. The van der Waals surface area contributed by atoms with Gasteiger partial charge in [-0.1, -0.05) is 30.3 Å². The summed E-state index contributed by atoms with van der Waals surface area (Å²) in [5.74, 6) is 0. The van der Waals surface area contributed by atoms with Crippen LogP contribution in [0.1, 0.15) is 48.0 Å². The van der Waals surface area contributed by atoms with Gasteiger partial charge in [-0.15, -0.1) is 0 Å². The first-order chi connectivity index (χ1) is 16.2. The number of carbonyl (C=O) groups excluding carboxylic acids is 1. The van der Waals surface area contributed by atoms with Crippen molar-refractivity contribution in [3.8, 4) is 0 Å². The molecular weight excluding hydrogens is 468 g/mol. The highest BCUT2D eigenvalue weighted by molar-refractivity contribution is 7.95. The number of ether oxygens (including phenoxy) is 1. The van der Waals surface area contributed by atoms with E-state index in [1.165, 1.54) is 8.61 Å². The van der Waals surface area contributed by atoms with Crippen LogP contribution in [0.3, 0.4) is 0 Å². The van der Waals surface area contributed by atoms with E-state index in [2.05, 4.69) is 10.6 Å². The van der Waals surface area contributed by atoms with Gasteiger partial charge in [-0.2, -0.15) is 8.42 Å². The van der Waals surface area contributed by atoms with Gasteiger partial charge in [0.05, 0.1) is 23.2 Å². The van der Waals surface area contributed by atoms with Crippen LogP contribution in [-0.4, -0.2) is 49.6 Å². The zero-order valence-corrected chi connectivity index (χ0v) is 22.0. The van der Waals surface area contributed by atoms with Crippen LogP contribution in [0.4, 0.5) is 21.9 Å². The number of amides is 1. The second-order valence-corrected chi connectivity index (χ2v) is 12.2. The summed E-state index contributed by atoms with van der Waals surface area (Å²) < 4.78 is 35.1. The molecule has 2 atom stereocenters. The van der Waals surface area contributed by atoms with Crippen molar-refractivity contribution in [1.82, 2.24) is 10.6 Å². The number of anilines is 3. The summed E-state index contributed by atoms with van der Waals surface area (Å²) in [7, 11) is -3.92. The summed E-state index contributed by atoms with van der Waals surface area (Å²) in [6.45, 7) is 11.0. The summed E-state index contributed by atoms with van der Waals surface area (Å²) >= 11 is 0. The second-order valence-electron chi connectivity index (χ2n) is 10.5. The van der Waals surface area contributed by atoms with E-state index < -0.39 is 39.7 Å². The molecule has 1 aliphatic rings. The lowest BCUT2D eigenvalue weighted by Crippen LogP contribution is -2.59. The molecule has 9 nitrogen and oxygen atoms in total. The lowest BCUT2D eigenvalue weighted by atomic mass is 10.1. The van der Waals surface area contributed by atoms with Crippen molar-refractivity contribution >= 4 is 33.4 Å². The van der Waals surface area contributed by atoms with E-state index in [1.54, 1.807) is 69.3 Å². The number of aliphatic hydroxyl groups excluding tert-OH is 1. The summed E-state index contributed by atoms with van der Waals surface area (Å²) in [6.07, 6.45) is -2.54. The van der Waals surface area contributed by atoms with Gasteiger partial charge >= 0.3 is 16.3 Å². The molecule has 0 spiro atoms. The lowest BCUT2D eigenvalue weighted by Gasteiger charge is -2.33. The molecule has 10 heteroatoms. The average Bonchev–Trinajstić information content (AvgIpc) is 2.95. The molecule has 192 valence electrons. The highest BCUT2D eigenvalue weighted by Crippen LogP contribution is 2.45. The predicted molar refractivity (Wildman–Crippen MR) is 138 cm³/mol. The molecule has 0 saturated heterocycles. The van der Waals surface area contributed by atoms with Gasteiger partial charge in [-0.3, -0.25) is 9.62 Å². The minimum absolute atomic E-state index is 0.0160. The Labute approximate surface area is 208 Å². The van der Waals surface area contributed by atoms with Crippen molar-refractivity contribution in [3.63, 3.8) is 0 Å². The number of hydrogen-bond acceptors (Lipinski definition) is 6. The Morgan fingerprint density at radius 1 is 0.971 bits per heavy atom. The highest BCUT2D eigenvalue weighted by Gasteiger charge is 2.41. The van der Waals surface area contributed by atoms with Crippen LogP contribution >= 0.6 is 0 Å². The highest BCUT2D eigenvalue weighted by atomic mass is 32.2. The monoisotopic (exact) mass is 504 g/mol. The zero-order chi connectivity index (χ0) is 26.0. The van der Waals surface area contributed by atoms with Crippen LogP contribution in [0.25, 0.3) is 0 Å². The third-order valence-electron chi connectivity index (χ3n) is 5.14. The standard InChI is InChI=1S/C25H36N4O5S/c1-24(2,3)27-22(26-23(31)34-25(4,5)6)21(30)16-17-28-19-14-10-11-15-20(19)29(35(28,32)33)18-12-8-7-9-13-18/h7-15,21-22,27,30H,16-17H2,1-6H3,(H,26,31). The number of rotatable bonds is 7. The molecule has 0 saturated carbocycles. The van der Waals surface area contributed by atoms with E-state index in [4.69, 9.17) is 4.74 Å². The first-order valence-corrected chi connectivity index (χ1v) is 13.0. The molecule has 0 bridgehead atoms. The second kappa shape index (κ2) is 10.0. The first kappa shape index (κ1) is 26.8. The number of hydrogen-bond donors (Lipinski definition) is 3. The molecule has 0 aliphatic carbocycles. The summed E-state index contributed by atoms with van der Waals surface area (Å²) in [6, 6.07) is 15.9. The molecule has 1 aliphatic heterocycles. The van der Waals surface area contributed by atoms with Crippen LogP contribution in [-0.2, 0) is 14.9 Å². The largest absolute Gasteiger partial charge is 0.444 e. The summed E-state index contributed by atoms with van der Waals surface area (Å²) in [5.41, 5.74) is 0.474. The minimum Gasteiger partial charge on any atom is -0.444 e. The number of fused-ring (bicyclic) bond motifs is 1. The van der Waals surface area contributed by atoms with E-state index in [9.17, 15) is 18.3 Å². The SMILES string of the molecule is CC(C)(C)NC(NC(=O)OC(C)(C)C)C(O)CCN1c2ccccc2N(c2ccccc2)S1(=O)=O. The van der Waals surface area contributed by atoms with Crippen molar-refractivity contribution in [3.05, 3.63) is 54.6 Å². The van der Waals surface area contributed by atoms with Gasteiger partial charge < -0.3 is 15.2 Å². The Bertz CT molecular complexity index is 1130. The molecule has 0 radical (unpaired) electrons. The predicted octanol–water partition coefficient (Wildman–Crippen LogP) is 3.88. The van der Waals surface area contributed by atoms with Crippen molar-refractivity contribution in [2.24, 2.45) is 0 Å². The molecule has 0 fully saturated rings. The Morgan fingerprint density at radius 3 is 2.11 bits per heavy atom. The molecule has 0 aromatic heterocycles. The molecule has 2 aromatic carbocycles. The number of nitrogens with one attached hydrogen (secondary N) is 2. The van der Waals surface area contributed by atoms with E-state index in [0.717, 1.165) is 0 Å². The van der Waals surface area contributed by atoms with Crippen LogP contribution in [0.5, 0.6) is 0 Å². The fraction of sp³-hybridized carbons (Fsp3) is 0.480. The van der Waals surface area contributed by atoms with Crippen molar-refractivity contribution < 1.29 is 23.1 Å². The van der Waals surface area contributed by atoms with Crippen molar-refractivity contribution in [2.45, 2.75) is 71.4 Å². The fourth-order valence-corrected chi connectivity index (χ4v) is 5.54. The molecule has 3 N–H and O–H groups in total. The van der Waals surface area contributed by atoms with Gasteiger partial charge in [0, 0.05) is 12.1 Å². The number of nitrogens with zero attached hydrogens (tertiary/aromatic N) is 2. The molecule has 1 amide bonds. The Hall–Kier alpha value is -2.82. The molecule has 2 unspecified atom stereocenters. The molecule has 2 aromatic rings. The third kappa shape index (κ3) is 6.65. The van der Waals surface area contributed by atoms with E-state index in [1.807, 2.05) is 26.8 Å². The van der Waals surface area contributed by atoms with E-state index in [0.29, 0.717) is 17.1 Å². The molecular formula is C25H36N4O5S. The maximum atomic E-state index is 13.6. The van der Waals surface area contributed by atoms with E-state index >= 15 is 0 Å². The minimum atomic E-state index is -3.92. The van der Waals surface area contributed by atoms with Crippen LogP contribution in [0.2, 0.25) is 0 Å². The topological polar surface area (TPSA) is 111 Å². The number of para-hydroxylation sites is 3. The number of aliphatic hydroxyl groups is 1. The molecule has 3 rings (SSSR count). The zero-order valence-electron chi connectivity index (χ0n) is 21.1. The summed E-state index contributed by atoms with van der Waals surface area (Å²) in [5, 5.41) is 16.9. The van der Waals surface area contributed by atoms with Crippen molar-refractivity contribution in [1.29, 1.82) is 0 Å². The Morgan fingerprint density at radius 2 is 1.54 bits per heavy atom. The van der Waals surface area contributed by atoms with Crippen molar-refractivity contribution in [2.75, 3.05) is 15.2 Å². The maximum absolute atomic E-state index is 13.6. The smallest absolute Gasteiger partial charge is 0.408 e. The lowest BCUT2D eigenvalue weighted by molar-refractivity contribution is 0.0348. The summed E-state index contributed by atoms with van der Waals surface area (Å²) in [4.78, 5) is 12.4. The Balaban J connectivity index is 1.81. The van der Waals surface area contributed by atoms with Crippen LogP contribution in [0.15, 0.2) is 54.6 Å². The number of benzene rings is 2. The van der Waals surface area contributed by atoms with Gasteiger partial charge in [0.25, 0.3) is 0 Å². The quantitative estimate of drug-likeness (QED) is 0.494. The Kier molecular flexibility index (Phi) is 7.68.